The van der Waals surface area contributed by atoms with Crippen molar-refractivity contribution in [3.8, 4) is 0 Å². The molecule has 0 radical (unpaired) electrons. The summed E-state index contributed by atoms with van der Waals surface area (Å²) >= 11 is 0. The first kappa shape index (κ1) is 17.4. The van der Waals surface area contributed by atoms with E-state index in [0.717, 1.165) is 17.7 Å². The quantitative estimate of drug-likeness (QED) is 0.784. The third-order valence-electron chi connectivity index (χ3n) is 3.93. The van der Waals surface area contributed by atoms with Crippen molar-refractivity contribution >= 4 is 10.0 Å². The normalized spacial score (nSPS) is 16.0. The molecule has 1 aromatic carbocycles. The third kappa shape index (κ3) is 4.80. The number of hydrogen-bond acceptors (Lipinski definition) is 3. The van der Waals surface area contributed by atoms with E-state index >= 15 is 0 Å². The molecule has 0 aromatic heterocycles. The van der Waals surface area contributed by atoms with Crippen molar-refractivity contribution in [2.75, 3.05) is 19.8 Å². The first-order chi connectivity index (χ1) is 10.2. The van der Waals surface area contributed by atoms with Gasteiger partial charge in [0, 0.05) is 13.2 Å². The van der Waals surface area contributed by atoms with Crippen molar-refractivity contribution in [3.05, 3.63) is 29.3 Å². The second kappa shape index (κ2) is 6.69. The van der Waals surface area contributed by atoms with E-state index in [9.17, 15) is 8.42 Å². The number of rotatable bonds is 7. The van der Waals surface area contributed by atoms with Crippen molar-refractivity contribution in [3.63, 3.8) is 0 Å². The zero-order chi connectivity index (χ0) is 16.4. The van der Waals surface area contributed by atoms with Gasteiger partial charge in [-0.25, -0.2) is 13.1 Å². The number of benzene rings is 1. The summed E-state index contributed by atoms with van der Waals surface area (Å²) in [5, 5.41) is 0. The Bertz CT molecular complexity index is 613. The lowest BCUT2D eigenvalue weighted by molar-refractivity contribution is 0.129. The van der Waals surface area contributed by atoms with Crippen LogP contribution in [-0.4, -0.2) is 28.2 Å². The molecule has 0 spiro atoms. The van der Waals surface area contributed by atoms with Crippen molar-refractivity contribution in [2.24, 2.45) is 5.92 Å². The van der Waals surface area contributed by atoms with Gasteiger partial charge in [-0.05, 0) is 48.3 Å². The molecule has 0 heterocycles. The standard InChI is InChI=1S/C17H27NO3S/c1-13-5-8-15(17(2,3)4)11-16(13)22(19,20)18-9-10-21-12-14-6-7-14/h5,8,11,14,18H,6-7,9-10,12H2,1-4H3. The van der Waals surface area contributed by atoms with Crippen LogP contribution in [0.15, 0.2) is 23.1 Å². The van der Waals surface area contributed by atoms with E-state index in [2.05, 4.69) is 25.5 Å². The molecule has 0 saturated heterocycles. The SMILES string of the molecule is Cc1ccc(C(C)(C)C)cc1S(=O)(=O)NCCOCC1CC1. The maximum Gasteiger partial charge on any atom is 0.240 e. The van der Waals surface area contributed by atoms with E-state index in [1.807, 2.05) is 19.1 Å². The molecule has 1 aromatic rings. The van der Waals surface area contributed by atoms with Crippen LogP contribution in [0.3, 0.4) is 0 Å². The summed E-state index contributed by atoms with van der Waals surface area (Å²) in [6.07, 6.45) is 2.48. The molecule has 0 unspecified atom stereocenters. The zero-order valence-electron chi connectivity index (χ0n) is 14.0. The molecular weight excluding hydrogens is 298 g/mol. The van der Waals surface area contributed by atoms with Gasteiger partial charge in [-0.3, -0.25) is 0 Å². The Hall–Kier alpha value is -0.910. The van der Waals surface area contributed by atoms with Crippen LogP contribution in [0.1, 0.15) is 44.7 Å². The molecule has 1 fully saturated rings. The van der Waals surface area contributed by atoms with Gasteiger partial charge in [-0.2, -0.15) is 0 Å². The average Bonchev–Trinajstić information content (AvgIpc) is 3.21. The van der Waals surface area contributed by atoms with Gasteiger partial charge in [0.15, 0.2) is 0 Å². The molecule has 0 atom stereocenters. The van der Waals surface area contributed by atoms with Crippen molar-refractivity contribution < 1.29 is 13.2 Å². The molecule has 0 aliphatic heterocycles. The van der Waals surface area contributed by atoms with Crippen LogP contribution in [0, 0.1) is 12.8 Å². The number of hydrogen-bond donors (Lipinski definition) is 1. The minimum Gasteiger partial charge on any atom is -0.380 e. The number of sulfonamides is 1. The molecule has 4 nitrogen and oxygen atoms in total. The van der Waals surface area contributed by atoms with Crippen LogP contribution in [0.25, 0.3) is 0 Å². The Morgan fingerprint density at radius 1 is 1.27 bits per heavy atom. The smallest absolute Gasteiger partial charge is 0.240 e. The summed E-state index contributed by atoms with van der Waals surface area (Å²) in [7, 11) is -3.49. The number of aryl methyl sites for hydroxylation is 1. The number of nitrogens with one attached hydrogen (secondary N) is 1. The molecule has 0 amide bonds. The van der Waals surface area contributed by atoms with Gasteiger partial charge in [-0.1, -0.05) is 32.9 Å². The highest BCUT2D eigenvalue weighted by Crippen LogP contribution is 2.28. The minimum absolute atomic E-state index is 0.0780. The summed E-state index contributed by atoms with van der Waals surface area (Å²) in [4.78, 5) is 0.363. The fourth-order valence-electron chi connectivity index (χ4n) is 2.22. The first-order valence-electron chi connectivity index (χ1n) is 7.89. The van der Waals surface area contributed by atoms with Gasteiger partial charge >= 0.3 is 0 Å². The van der Waals surface area contributed by atoms with E-state index < -0.39 is 10.0 Å². The maximum absolute atomic E-state index is 12.5. The molecular formula is C17H27NO3S. The van der Waals surface area contributed by atoms with E-state index in [0.29, 0.717) is 24.0 Å². The molecule has 1 aliphatic carbocycles. The fourth-order valence-corrected chi connectivity index (χ4v) is 3.50. The lowest BCUT2D eigenvalue weighted by Crippen LogP contribution is -2.28. The van der Waals surface area contributed by atoms with Gasteiger partial charge in [0.25, 0.3) is 0 Å². The van der Waals surface area contributed by atoms with E-state index in [1.54, 1.807) is 6.07 Å². The molecule has 2 rings (SSSR count). The van der Waals surface area contributed by atoms with Gasteiger partial charge in [0.05, 0.1) is 11.5 Å². The second-order valence-electron chi connectivity index (χ2n) is 7.15. The Balaban J connectivity index is 2.00. The highest BCUT2D eigenvalue weighted by atomic mass is 32.2. The summed E-state index contributed by atoms with van der Waals surface area (Å²) in [6, 6.07) is 5.65. The third-order valence-corrected chi connectivity index (χ3v) is 5.54. The minimum atomic E-state index is -3.49. The number of ether oxygens (including phenoxy) is 1. The monoisotopic (exact) mass is 325 g/mol. The van der Waals surface area contributed by atoms with E-state index in [-0.39, 0.29) is 5.41 Å². The van der Waals surface area contributed by atoms with E-state index in [4.69, 9.17) is 4.74 Å². The largest absolute Gasteiger partial charge is 0.380 e. The Kier molecular flexibility index (Phi) is 5.30. The zero-order valence-corrected chi connectivity index (χ0v) is 14.8. The molecule has 1 saturated carbocycles. The molecule has 5 heteroatoms. The molecule has 0 bridgehead atoms. The van der Waals surface area contributed by atoms with Gasteiger partial charge in [0.1, 0.15) is 0 Å². The second-order valence-corrected chi connectivity index (χ2v) is 8.88. The average molecular weight is 325 g/mol. The first-order valence-corrected chi connectivity index (χ1v) is 9.37. The predicted molar refractivity (Wildman–Crippen MR) is 88.6 cm³/mol. The predicted octanol–water partition coefficient (Wildman–Crippen LogP) is 3.00. The molecule has 124 valence electrons. The van der Waals surface area contributed by atoms with Crippen molar-refractivity contribution in [1.29, 1.82) is 0 Å². The Morgan fingerprint density at radius 3 is 2.55 bits per heavy atom. The highest BCUT2D eigenvalue weighted by molar-refractivity contribution is 7.89. The fraction of sp³-hybridized carbons (Fsp3) is 0.647. The van der Waals surface area contributed by atoms with Gasteiger partial charge in [0.2, 0.25) is 10.0 Å². The van der Waals surface area contributed by atoms with Crippen molar-refractivity contribution in [2.45, 2.75) is 50.8 Å². The molecule has 22 heavy (non-hydrogen) atoms. The van der Waals surface area contributed by atoms with Crippen LogP contribution in [0.5, 0.6) is 0 Å². The van der Waals surface area contributed by atoms with E-state index in [1.165, 1.54) is 12.8 Å². The van der Waals surface area contributed by atoms with Crippen molar-refractivity contribution in [1.82, 2.24) is 4.72 Å². The Labute approximate surface area is 134 Å². The van der Waals surface area contributed by atoms with Gasteiger partial charge in [-0.15, -0.1) is 0 Å². The Morgan fingerprint density at radius 2 is 1.95 bits per heavy atom. The highest BCUT2D eigenvalue weighted by Gasteiger charge is 2.22. The van der Waals surface area contributed by atoms with Crippen LogP contribution in [-0.2, 0) is 20.2 Å². The summed E-state index contributed by atoms with van der Waals surface area (Å²) in [5.41, 5.74) is 1.70. The maximum atomic E-state index is 12.5. The molecule has 1 aliphatic rings. The summed E-state index contributed by atoms with van der Waals surface area (Å²) in [5.74, 6) is 0.697. The summed E-state index contributed by atoms with van der Waals surface area (Å²) in [6.45, 7) is 9.54. The van der Waals surface area contributed by atoms with Crippen LogP contribution >= 0.6 is 0 Å². The lowest BCUT2D eigenvalue weighted by atomic mass is 9.87. The topological polar surface area (TPSA) is 55.4 Å². The summed E-state index contributed by atoms with van der Waals surface area (Å²) < 4.78 is 33.1. The lowest BCUT2D eigenvalue weighted by Gasteiger charge is -2.21. The van der Waals surface area contributed by atoms with Crippen LogP contribution < -0.4 is 4.72 Å². The van der Waals surface area contributed by atoms with Crippen LogP contribution in [0.2, 0.25) is 0 Å². The van der Waals surface area contributed by atoms with Gasteiger partial charge < -0.3 is 4.74 Å². The molecule has 1 N–H and O–H groups in total. The van der Waals surface area contributed by atoms with Crippen LogP contribution in [0.4, 0.5) is 0 Å².